The molecule has 0 spiro atoms. The van der Waals surface area contributed by atoms with Crippen LogP contribution in [0.1, 0.15) is 110 Å². The molecule has 1 rings (SSSR count). The molecule has 1 aliphatic rings. The molecule has 31 heavy (non-hydrogen) atoms. The zero-order valence-electron chi connectivity index (χ0n) is 20.1. The standard InChI is InChI=1S/C26H50O5/c1-2-3-4-5-6-7-8-9-10-11-12-13-14-15-16-17-18-19-20-30-26-23(28)22-31-24(21-27)25(26)29/h3-4,23-29H,2,5-22H2,1H3/b4-3+/t23-,24+,25+,26+/m1/s1. The molecular formula is C26H50O5. The Morgan fingerprint density at radius 1 is 0.774 bits per heavy atom. The smallest absolute Gasteiger partial charge is 0.114 e. The lowest BCUT2D eigenvalue weighted by atomic mass is 10.0. The van der Waals surface area contributed by atoms with E-state index in [-0.39, 0.29) is 13.2 Å². The third-order valence-corrected chi connectivity index (χ3v) is 6.24. The van der Waals surface area contributed by atoms with E-state index in [0.717, 1.165) is 19.3 Å². The van der Waals surface area contributed by atoms with Gasteiger partial charge in [0.1, 0.15) is 24.4 Å². The minimum atomic E-state index is -0.971. The zero-order valence-corrected chi connectivity index (χ0v) is 20.1. The van der Waals surface area contributed by atoms with E-state index in [1.807, 2.05) is 0 Å². The average Bonchev–Trinajstić information content (AvgIpc) is 2.77. The topological polar surface area (TPSA) is 79.2 Å². The first-order valence-electron chi connectivity index (χ1n) is 13.1. The second-order valence-electron chi connectivity index (χ2n) is 9.07. The largest absolute Gasteiger partial charge is 0.394 e. The first kappa shape index (κ1) is 28.6. The van der Waals surface area contributed by atoms with Crippen LogP contribution in [0, 0.1) is 0 Å². The van der Waals surface area contributed by atoms with Crippen LogP contribution in [-0.4, -0.2) is 59.6 Å². The summed E-state index contributed by atoms with van der Waals surface area (Å²) in [5, 5.41) is 29.2. The summed E-state index contributed by atoms with van der Waals surface area (Å²) < 4.78 is 10.9. The number of unbranched alkanes of at least 4 members (excludes halogenated alkanes) is 14. The normalized spacial score (nSPS) is 24.3. The van der Waals surface area contributed by atoms with Gasteiger partial charge in [-0.05, 0) is 25.7 Å². The molecule has 3 N–H and O–H groups in total. The lowest BCUT2D eigenvalue weighted by molar-refractivity contribution is -0.210. The molecule has 0 aromatic rings. The van der Waals surface area contributed by atoms with Gasteiger partial charge in [0.25, 0.3) is 0 Å². The highest BCUT2D eigenvalue weighted by molar-refractivity contribution is 4.87. The van der Waals surface area contributed by atoms with Crippen LogP contribution in [0.4, 0.5) is 0 Å². The maximum atomic E-state index is 10.1. The summed E-state index contributed by atoms with van der Waals surface area (Å²) in [6.45, 7) is 2.57. The molecule has 4 atom stereocenters. The molecule has 0 amide bonds. The van der Waals surface area contributed by atoms with Crippen molar-refractivity contribution in [3.05, 3.63) is 12.2 Å². The predicted molar refractivity (Wildman–Crippen MR) is 127 cm³/mol. The fourth-order valence-electron chi connectivity index (χ4n) is 4.21. The number of rotatable bonds is 20. The van der Waals surface area contributed by atoms with Crippen LogP contribution in [0.2, 0.25) is 0 Å². The highest BCUT2D eigenvalue weighted by atomic mass is 16.6. The highest BCUT2D eigenvalue weighted by Gasteiger charge is 2.38. The van der Waals surface area contributed by atoms with Crippen LogP contribution >= 0.6 is 0 Å². The van der Waals surface area contributed by atoms with Gasteiger partial charge in [-0.1, -0.05) is 96.1 Å². The second-order valence-corrected chi connectivity index (χ2v) is 9.07. The van der Waals surface area contributed by atoms with Crippen molar-refractivity contribution in [2.45, 2.75) is 134 Å². The summed E-state index contributed by atoms with van der Waals surface area (Å²) in [7, 11) is 0. The molecule has 0 aliphatic carbocycles. The summed E-state index contributed by atoms with van der Waals surface area (Å²) in [4.78, 5) is 0. The molecule has 184 valence electrons. The number of allylic oxidation sites excluding steroid dienone is 2. The fourth-order valence-corrected chi connectivity index (χ4v) is 4.21. The molecule has 0 radical (unpaired) electrons. The fraction of sp³-hybridized carbons (Fsp3) is 0.923. The van der Waals surface area contributed by atoms with Crippen LogP contribution in [0.15, 0.2) is 12.2 Å². The Bertz CT molecular complexity index is 415. The van der Waals surface area contributed by atoms with Crippen LogP contribution in [-0.2, 0) is 9.47 Å². The van der Waals surface area contributed by atoms with Crippen LogP contribution in [0.3, 0.4) is 0 Å². The molecule has 1 saturated heterocycles. The summed E-state index contributed by atoms with van der Waals surface area (Å²) in [5.41, 5.74) is 0. The quantitative estimate of drug-likeness (QED) is 0.176. The molecule has 1 heterocycles. The third-order valence-electron chi connectivity index (χ3n) is 6.24. The van der Waals surface area contributed by atoms with Crippen LogP contribution < -0.4 is 0 Å². The SMILES string of the molecule is CC/C=C/CCCCCCCCCCCCCCCCO[C@@H]1[C@@H](O)[C@H](CO)OC[C@H]1O. The van der Waals surface area contributed by atoms with Gasteiger partial charge in [-0.3, -0.25) is 0 Å². The van der Waals surface area contributed by atoms with Gasteiger partial charge in [0.15, 0.2) is 0 Å². The van der Waals surface area contributed by atoms with E-state index in [1.165, 1.54) is 83.5 Å². The Hall–Kier alpha value is -0.460. The summed E-state index contributed by atoms with van der Waals surface area (Å²) in [6.07, 6.45) is 22.2. The maximum Gasteiger partial charge on any atom is 0.114 e. The van der Waals surface area contributed by atoms with Gasteiger partial charge in [-0.25, -0.2) is 0 Å². The van der Waals surface area contributed by atoms with Gasteiger partial charge < -0.3 is 24.8 Å². The van der Waals surface area contributed by atoms with Gasteiger partial charge >= 0.3 is 0 Å². The number of hydrogen-bond donors (Lipinski definition) is 3. The van der Waals surface area contributed by atoms with Gasteiger partial charge in [-0.2, -0.15) is 0 Å². The first-order chi connectivity index (χ1) is 15.2. The lowest BCUT2D eigenvalue weighted by Gasteiger charge is -2.37. The number of aliphatic hydroxyl groups excluding tert-OH is 3. The minimum absolute atomic E-state index is 0.101. The van der Waals surface area contributed by atoms with Gasteiger partial charge in [0.2, 0.25) is 0 Å². The predicted octanol–water partition coefficient (Wildman–Crippen LogP) is 5.30. The van der Waals surface area contributed by atoms with Gasteiger partial charge in [0.05, 0.1) is 13.2 Å². The molecule has 0 aromatic heterocycles. The molecule has 1 fully saturated rings. The van der Waals surface area contributed by atoms with E-state index < -0.39 is 24.4 Å². The summed E-state index contributed by atoms with van der Waals surface area (Å²) in [6, 6.07) is 0. The van der Waals surface area contributed by atoms with Gasteiger partial charge in [-0.15, -0.1) is 0 Å². The van der Waals surface area contributed by atoms with Crippen molar-refractivity contribution in [1.82, 2.24) is 0 Å². The Kier molecular flexibility index (Phi) is 18.6. The van der Waals surface area contributed by atoms with Crippen molar-refractivity contribution >= 4 is 0 Å². The van der Waals surface area contributed by atoms with Crippen molar-refractivity contribution in [3.8, 4) is 0 Å². The molecule has 5 nitrogen and oxygen atoms in total. The Balaban J connectivity index is 1.80. The van der Waals surface area contributed by atoms with E-state index in [9.17, 15) is 15.3 Å². The van der Waals surface area contributed by atoms with Crippen LogP contribution in [0.25, 0.3) is 0 Å². The number of aliphatic hydroxyl groups is 3. The maximum absolute atomic E-state index is 10.1. The van der Waals surface area contributed by atoms with E-state index in [2.05, 4.69) is 19.1 Å². The lowest BCUT2D eigenvalue weighted by Crippen LogP contribution is -2.55. The van der Waals surface area contributed by atoms with Crippen molar-refractivity contribution in [3.63, 3.8) is 0 Å². The van der Waals surface area contributed by atoms with Crippen molar-refractivity contribution < 1.29 is 24.8 Å². The molecular weight excluding hydrogens is 392 g/mol. The van der Waals surface area contributed by atoms with Crippen molar-refractivity contribution in [1.29, 1.82) is 0 Å². The molecule has 1 aliphatic heterocycles. The van der Waals surface area contributed by atoms with E-state index in [1.54, 1.807) is 0 Å². The van der Waals surface area contributed by atoms with Crippen molar-refractivity contribution in [2.75, 3.05) is 19.8 Å². The average molecular weight is 443 g/mol. The highest BCUT2D eigenvalue weighted by Crippen LogP contribution is 2.19. The Labute approximate surface area is 191 Å². The number of ether oxygens (including phenoxy) is 2. The summed E-state index contributed by atoms with van der Waals surface area (Å²) >= 11 is 0. The van der Waals surface area contributed by atoms with E-state index in [0.29, 0.717) is 6.61 Å². The second kappa shape index (κ2) is 20.2. The van der Waals surface area contributed by atoms with E-state index in [4.69, 9.17) is 9.47 Å². The molecule has 0 saturated carbocycles. The monoisotopic (exact) mass is 442 g/mol. The minimum Gasteiger partial charge on any atom is -0.394 e. The summed E-state index contributed by atoms with van der Waals surface area (Å²) in [5.74, 6) is 0. The Morgan fingerprint density at radius 3 is 1.81 bits per heavy atom. The third kappa shape index (κ3) is 14.3. The first-order valence-corrected chi connectivity index (χ1v) is 13.1. The molecule has 0 bridgehead atoms. The number of hydrogen-bond acceptors (Lipinski definition) is 5. The van der Waals surface area contributed by atoms with Crippen LogP contribution in [0.5, 0.6) is 0 Å². The zero-order chi connectivity index (χ0) is 22.6. The molecule has 5 heteroatoms. The van der Waals surface area contributed by atoms with E-state index >= 15 is 0 Å². The molecule has 0 unspecified atom stereocenters. The Morgan fingerprint density at radius 2 is 1.29 bits per heavy atom. The molecule has 0 aromatic carbocycles. The van der Waals surface area contributed by atoms with Gasteiger partial charge in [0, 0.05) is 6.61 Å². The van der Waals surface area contributed by atoms with Crippen molar-refractivity contribution in [2.24, 2.45) is 0 Å².